The molecule has 0 spiro atoms. The van der Waals surface area contributed by atoms with Gasteiger partial charge in [-0.1, -0.05) is 60.9 Å². The van der Waals surface area contributed by atoms with E-state index in [1.54, 1.807) is 18.2 Å². The van der Waals surface area contributed by atoms with E-state index >= 15 is 0 Å². The van der Waals surface area contributed by atoms with Crippen LogP contribution in [0.4, 0.5) is 13.2 Å². The molecule has 1 saturated heterocycles. The van der Waals surface area contributed by atoms with Crippen LogP contribution in [0.3, 0.4) is 0 Å². The molecular weight excluding hydrogens is 557 g/mol. The number of benzene rings is 1. The minimum absolute atomic E-state index is 0.161. The summed E-state index contributed by atoms with van der Waals surface area (Å²) in [5.74, 6) is -1.37. The number of likely N-dealkylation sites (tertiary alicyclic amines) is 1. The SMILES string of the molecule is C=C/C=C(\C=C1CCN(C2CCCC2)CC1)COc1ccc(C)cc1-c1cccc(-n2ncc(C(=O)O)c2C(F)(F)F)n1. The fourth-order valence-electron chi connectivity index (χ4n) is 5.92. The molecule has 1 aliphatic heterocycles. The highest BCUT2D eigenvalue weighted by Gasteiger charge is 2.41. The van der Waals surface area contributed by atoms with E-state index in [1.165, 1.54) is 37.3 Å². The number of nitrogens with zero attached hydrogens (tertiary/aromatic N) is 4. The number of hydrogen-bond acceptors (Lipinski definition) is 5. The molecule has 5 rings (SSSR count). The van der Waals surface area contributed by atoms with Crippen LogP contribution in [0.15, 0.2) is 78.5 Å². The van der Waals surface area contributed by atoms with Gasteiger partial charge in [0.1, 0.15) is 17.9 Å². The Morgan fingerprint density at radius 1 is 1.16 bits per heavy atom. The van der Waals surface area contributed by atoms with Crippen LogP contribution in [0.2, 0.25) is 0 Å². The van der Waals surface area contributed by atoms with Gasteiger partial charge < -0.3 is 9.84 Å². The molecule has 2 aliphatic rings. The van der Waals surface area contributed by atoms with Gasteiger partial charge in [0, 0.05) is 24.7 Å². The second-order valence-electron chi connectivity index (χ2n) is 11.0. The number of aromatic nitrogens is 3. The van der Waals surface area contributed by atoms with Crippen LogP contribution in [0.25, 0.3) is 17.1 Å². The number of carboxylic acids is 1. The Bertz CT molecular complexity index is 1540. The van der Waals surface area contributed by atoms with Gasteiger partial charge in [-0.25, -0.2) is 14.5 Å². The molecule has 7 nitrogen and oxygen atoms in total. The summed E-state index contributed by atoms with van der Waals surface area (Å²) >= 11 is 0. The van der Waals surface area contributed by atoms with Crippen molar-refractivity contribution in [3.05, 3.63) is 95.4 Å². The van der Waals surface area contributed by atoms with Crippen molar-refractivity contribution in [3.8, 4) is 22.8 Å². The summed E-state index contributed by atoms with van der Waals surface area (Å²) in [6.07, 6.45) is 8.91. The second kappa shape index (κ2) is 13.0. The van der Waals surface area contributed by atoms with E-state index in [4.69, 9.17) is 4.74 Å². The van der Waals surface area contributed by atoms with Gasteiger partial charge in [0.2, 0.25) is 0 Å². The number of allylic oxidation sites excluding steroid dienone is 2. The largest absolute Gasteiger partial charge is 0.488 e. The normalized spacial score (nSPS) is 16.8. The van der Waals surface area contributed by atoms with Gasteiger partial charge in [-0.2, -0.15) is 18.3 Å². The third-order valence-corrected chi connectivity index (χ3v) is 8.03. The highest BCUT2D eigenvalue weighted by molar-refractivity contribution is 5.89. The van der Waals surface area contributed by atoms with Crippen LogP contribution in [-0.4, -0.2) is 56.5 Å². The topological polar surface area (TPSA) is 80.5 Å². The molecule has 10 heteroatoms. The number of aryl methyl sites for hydroxylation is 1. The Kier molecular flexibility index (Phi) is 9.15. The van der Waals surface area contributed by atoms with Crippen molar-refractivity contribution in [1.29, 1.82) is 0 Å². The van der Waals surface area contributed by atoms with E-state index in [2.05, 4.69) is 27.6 Å². The zero-order valence-electron chi connectivity index (χ0n) is 24.1. The Morgan fingerprint density at radius 2 is 1.91 bits per heavy atom. The minimum atomic E-state index is -4.95. The molecule has 0 amide bonds. The van der Waals surface area contributed by atoms with Gasteiger partial charge in [-0.3, -0.25) is 4.90 Å². The van der Waals surface area contributed by atoms with E-state index < -0.39 is 23.4 Å². The zero-order chi connectivity index (χ0) is 30.6. The van der Waals surface area contributed by atoms with Gasteiger partial charge in [0.15, 0.2) is 11.5 Å². The summed E-state index contributed by atoms with van der Waals surface area (Å²) in [7, 11) is 0. The number of piperidine rings is 1. The molecule has 1 aliphatic carbocycles. The molecule has 0 atom stereocenters. The molecule has 0 radical (unpaired) electrons. The first-order chi connectivity index (χ1) is 20.6. The van der Waals surface area contributed by atoms with Crippen LogP contribution in [0, 0.1) is 6.92 Å². The molecule has 3 aromatic rings. The molecule has 1 aromatic carbocycles. The third kappa shape index (κ3) is 7.07. The summed E-state index contributed by atoms with van der Waals surface area (Å²) < 4.78 is 48.3. The van der Waals surface area contributed by atoms with Crippen molar-refractivity contribution >= 4 is 5.97 Å². The number of aromatic carboxylic acids is 1. The molecule has 2 aromatic heterocycles. The summed E-state index contributed by atoms with van der Waals surface area (Å²) in [6, 6.07) is 10.9. The summed E-state index contributed by atoms with van der Waals surface area (Å²) in [6.45, 7) is 8.18. The zero-order valence-corrected chi connectivity index (χ0v) is 24.1. The van der Waals surface area contributed by atoms with Crippen molar-refractivity contribution in [2.75, 3.05) is 19.7 Å². The van der Waals surface area contributed by atoms with Crippen molar-refractivity contribution in [2.45, 2.75) is 57.7 Å². The highest BCUT2D eigenvalue weighted by Crippen LogP contribution is 2.35. The van der Waals surface area contributed by atoms with Gasteiger partial charge >= 0.3 is 12.1 Å². The van der Waals surface area contributed by atoms with Gasteiger partial charge in [-0.15, -0.1) is 0 Å². The third-order valence-electron chi connectivity index (χ3n) is 8.03. The van der Waals surface area contributed by atoms with E-state index in [0.717, 1.165) is 43.1 Å². The molecule has 43 heavy (non-hydrogen) atoms. The Labute approximate surface area is 249 Å². The number of pyridine rings is 1. The van der Waals surface area contributed by atoms with Gasteiger partial charge in [0.05, 0.1) is 11.9 Å². The lowest BCUT2D eigenvalue weighted by Gasteiger charge is -2.33. The monoisotopic (exact) mass is 592 g/mol. The first kappa shape index (κ1) is 30.3. The van der Waals surface area contributed by atoms with Crippen LogP contribution in [0.1, 0.15) is 60.1 Å². The van der Waals surface area contributed by atoms with E-state index in [-0.39, 0.29) is 12.4 Å². The van der Waals surface area contributed by atoms with Crippen molar-refractivity contribution in [3.63, 3.8) is 0 Å². The predicted molar refractivity (Wildman–Crippen MR) is 158 cm³/mol. The maximum Gasteiger partial charge on any atom is 0.434 e. The predicted octanol–water partition coefficient (Wildman–Crippen LogP) is 7.42. The number of carbonyl (C=O) groups is 1. The van der Waals surface area contributed by atoms with Gasteiger partial charge in [0.25, 0.3) is 0 Å². The molecule has 1 saturated carbocycles. The molecule has 0 unspecified atom stereocenters. The minimum Gasteiger partial charge on any atom is -0.488 e. The number of halogens is 3. The number of alkyl halides is 3. The maximum absolute atomic E-state index is 13.8. The molecule has 2 fully saturated rings. The first-order valence-corrected chi connectivity index (χ1v) is 14.5. The van der Waals surface area contributed by atoms with Crippen molar-refractivity contribution in [2.24, 2.45) is 0 Å². The number of hydrogen-bond donors (Lipinski definition) is 1. The van der Waals surface area contributed by atoms with E-state index in [0.29, 0.717) is 27.9 Å². The number of ether oxygens (including phenoxy) is 1. The molecule has 226 valence electrons. The van der Waals surface area contributed by atoms with E-state index in [1.807, 2.05) is 31.2 Å². The van der Waals surface area contributed by atoms with Crippen LogP contribution in [-0.2, 0) is 6.18 Å². The van der Waals surface area contributed by atoms with Crippen LogP contribution < -0.4 is 4.74 Å². The van der Waals surface area contributed by atoms with Crippen LogP contribution in [0.5, 0.6) is 5.75 Å². The number of rotatable bonds is 9. The lowest BCUT2D eigenvalue weighted by atomic mass is 9.99. The molecular formula is C33H35F3N4O3. The number of carboxylic acid groups (broad SMARTS) is 1. The molecule has 3 heterocycles. The molecule has 0 bridgehead atoms. The van der Waals surface area contributed by atoms with Crippen molar-refractivity contribution in [1.82, 2.24) is 19.7 Å². The highest BCUT2D eigenvalue weighted by atomic mass is 19.4. The average molecular weight is 593 g/mol. The quantitative estimate of drug-likeness (QED) is 0.261. The average Bonchev–Trinajstić information content (AvgIpc) is 3.68. The fourth-order valence-corrected chi connectivity index (χ4v) is 5.92. The lowest BCUT2D eigenvalue weighted by molar-refractivity contribution is -0.143. The van der Waals surface area contributed by atoms with E-state index in [9.17, 15) is 23.1 Å². The fraction of sp³-hybridized carbons (Fsp3) is 0.364. The van der Waals surface area contributed by atoms with Crippen LogP contribution >= 0.6 is 0 Å². The summed E-state index contributed by atoms with van der Waals surface area (Å²) in [5, 5.41) is 13.0. The second-order valence-corrected chi connectivity index (χ2v) is 11.0. The van der Waals surface area contributed by atoms with Gasteiger partial charge in [-0.05, 0) is 62.4 Å². The Hall–Kier alpha value is -4.18. The Morgan fingerprint density at radius 3 is 2.58 bits per heavy atom. The smallest absolute Gasteiger partial charge is 0.434 e. The van der Waals surface area contributed by atoms with Crippen molar-refractivity contribution < 1.29 is 27.8 Å². The standard InChI is InChI=1S/C33H35F3N4O3/c1-3-7-24(19-23-14-16-39(17-15-23)25-8-4-5-9-25)21-43-29-13-12-22(2)18-26(29)28-10-6-11-30(38-28)40-31(33(34,35)36)27(20-37-40)32(41)42/h3,6-7,10-13,18-20,25H,1,4-5,8-9,14-17,21H2,2H3,(H,41,42)/b24-7+. The lowest BCUT2D eigenvalue weighted by Crippen LogP contribution is -2.38. The summed E-state index contributed by atoms with van der Waals surface area (Å²) in [4.78, 5) is 18.5. The maximum atomic E-state index is 13.8. The summed E-state index contributed by atoms with van der Waals surface area (Å²) in [5.41, 5.74) is 1.88. The Balaban J connectivity index is 1.37. The molecule has 1 N–H and O–H groups in total. The first-order valence-electron chi connectivity index (χ1n) is 14.5.